The predicted octanol–water partition coefficient (Wildman–Crippen LogP) is 2.78. The van der Waals surface area contributed by atoms with Gasteiger partial charge in [-0.25, -0.2) is 0 Å². The SMILES string of the molecule is N=C(N)c1nnc(N2CCC[C@@H](NCc3ccc(Cl)cc3)C2)nc1Nc1ccc(C(=O)N2CCOCC2)cc1. The average Bonchev–Trinajstić information content (AvgIpc) is 2.97. The van der Waals surface area contributed by atoms with Crippen molar-refractivity contribution < 1.29 is 9.53 Å². The number of rotatable bonds is 8. The maximum absolute atomic E-state index is 12.8. The lowest BCUT2D eigenvalue weighted by atomic mass is 10.1. The molecule has 39 heavy (non-hydrogen) atoms. The van der Waals surface area contributed by atoms with Gasteiger partial charge in [-0.2, -0.15) is 4.98 Å². The molecule has 1 aromatic heterocycles. The minimum atomic E-state index is -0.232. The molecule has 11 nitrogen and oxygen atoms in total. The number of nitrogen functional groups attached to an aromatic ring is 1. The molecule has 2 aromatic carbocycles. The van der Waals surface area contributed by atoms with Gasteiger partial charge in [0.15, 0.2) is 11.5 Å². The van der Waals surface area contributed by atoms with Crippen LogP contribution in [-0.4, -0.2) is 77.3 Å². The van der Waals surface area contributed by atoms with Gasteiger partial charge in [0.1, 0.15) is 5.84 Å². The van der Waals surface area contributed by atoms with Gasteiger partial charge in [0.05, 0.1) is 13.2 Å². The second kappa shape index (κ2) is 12.4. The number of benzene rings is 2. The lowest BCUT2D eigenvalue weighted by Crippen LogP contribution is -2.46. The first kappa shape index (κ1) is 26.8. The lowest BCUT2D eigenvalue weighted by Gasteiger charge is -2.33. The number of ether oxygens (including phenoxy) is 1. The van der Waals surface area contributed by atoms with Gasteiger partial charge in [-0.1, -0.05) is 23.7 Å². The minimum Gasteiger partial charge on any atom is -0.382 e. The number of nitrogens with zero attached hydrogens (tertiary/aromatic N) is 5. The van der Waals surface area contributed by atoms with Crippen molar-refractivity contribution in [2.24, 2.45) is 5.73 Å². The van der Waals surface area contributed by atoms with Gasteiger partial charge in [-0.15, -0.1) is 10.2 Å². The zero-order valence-corrected chi connectivity index (χ0v) is 22.3. The number of carbonyl (C=O) groups is 1. The van der Waals surface area contributed by atoms with E-state index in [0.29, 0.717) is 49.3 Å². The normalized spacial score (nSPS) is 17.6. The van der Waals surface area contributed by atoms with Crippen LogP contribution in [0.4, 0.5) is 17.5 Å². The highest BCUT2D eigenvalue weighted by molar-refractivity contribution is 6.30. The lowest BCUT2D eigenvalue weighted by molar-refractivity contribution is 0.0303. The van der Waals surface area contributed by atoms with Gasteiger partial charge in [0, 0.05) is 55.0 Å². The molecular formula is C27H32ClN9O2. The summed E-state index contributed by atoms with van der Waals surface area (Å²) in [6.45, 7) is 4.56. The van der Waals surface area contributed by atoms with E-state index in [4.69, 9.17) is 32.5 Å². The molecule has 1 atom stereocenters. The number of nitrogens with two attached hydrogens (primary N) is 1. The zero-order valence-electron chi connectivity index (χ0n) is 21.6. The number of halogens is 1. The molecule has 2 aliphatic rings. The first-order chi connectivity index (χ1) is 19.0. The van der Waals surface area contributed by atoms with Crippen LogP contribution in [0.25, 0.3) is 0 Å². The number of aromatic nitrogens is 3. The molecule has 2 fully saturated rings. The van der Waals surface area contributed by atoms with Crippen molar-refractivity contribution in [1.82, 2.24) is 25.4 Å². The quantitative estimate of drug-likeness (QED) is 0.246. The topological polar surface area (TPSA) is 145 Å². The van der Waals surface area contributed by atoms with Gasteiger partial charge in [-0.3, -0.25) is 10.2 Å². The van der Waals surface area contributed by atoms with Crippen LogP contribution in [0.3, 0.4) is 0 Å². The van der Waals surface area contributed by atoms with Gasteiger partial charge in [0.2, 0.25) is 5.95 Å². The van der Waals surface area contributed by atoms with Crippen molar-refractivity contribution in [3.8, 4) is 0 Å². The Kier molecular flexibility index (Phi) is 8.50. The summed E-state index contributed by atoms with van der Waals surface area (Å²) in [7, 11) is 0. The molecule has 0 aliphatic carbocycles. The van der Waals surface area contributed by atoms with Crippen LogP contribution in [0, 0.1) is 5.41 Å². The van der Waals surface area contributed by atoms with Gasteiger partial charge in [0.25, 0.3) is 5.91 Å². The smallest absolute Gasteiger partial charge is 0.254 e. The third-order valence-corrected chi connectivity index (χ3v) is 7.09. The molecule has 12 heteroatoms. The number of hydrogen-bond donors (Lipinski definition) is 4. The molecule has 0 spiro atoms. The van der Waals surface area contributed by atoms with Crippen molar-refractivity contribution in [3.05, 3.63) is 70.4 Å². The van der Waals surface area contributed by atoms with Crippen LogP contribution in [-0.2, 0) is 11.3 Å². The molecule has 1 amide bonds. The fourth-order valence-electron chi connectivity index (χ4n) is 4.69. The van der Waals surface area contributed by atoms with Crippen molar-refractivity contribution in [3.63, 3.8) is 0 Å². The Morgan fingerprint density at radius 1 is 1.08 bits per heavy atom. The number of amidine groups is 1. The van der Waals surface area contributed by atoms with E-state index < -0.39 is 0 Å². The third kappa shape index (κ3) is 6.80. The molecule has 3 heterocycles. The number of morpholine rings is 1. The van der Waals surface area contributed by atoms with E-state index in [0.717, 1.165) is 37.5 Å². The van der Waals surface area contributed by atoms with E-state index in [2.05, 4.69) is 25.7 Å². The summed E-state index contributed by atoms with van der Waals surface area (Å²) in [6, 6.07) is 15.2. The van der Waals surface area contributed by atoms with Crippen LogP contribution in [0.15, 0.2) is 48.5 Å². The largest absolute Gasteiger partial charge is 0.382 e. The van der Waals surface area contributed by atoms with Crippen molar-refractivity contribution >= 4 is 40.8 Å². The number of piperidine rings is 1. The van der Waals surface area contributed by atoms with Crippen LogP contribution in [0.1, 0.15) is 34.5 Å². The molecule has 0 bridgehead atoms. The van der Waals surface area contributed by atoms with Crippen LogP contribution < -0.4 is 21.3 Å². The molecule has 2 aliphatic heterocycles. The van der Waals surface area contributed by atoms with Crippen LogP contribution >= 0.6 is 11.6 Å². The Bertz CT molecular complexity index is 1300. The molecule has 5 rings (SSSR count). The maximum atomic E-state index is 12.8. The molecule has 204 valence electrons. The van der Waals surface area contributed by atoms with E-state index in [9.17, 15) is 4.79 Å². The minimum absolute atomic E-state index is 0.0235. The highest BCUT2D eigenvalue weighted by atomic mass is 35.5. The van der Waals surface area contributed by atoms with Gasteiger partial charge < -0.3 is 30.9 Å². The van der Waals surface area contributed by atoms with E-state index >= 15 is 0 Å². The Balaban J connectivity index is 1.26. The highest BCUT2D eigenvalue weighted by Crippen LogP contribution is 2.23. The number of anilines is 3. The second-order valence-electron chi connectivity index (χ2n) is 9.62. The molecule has 3 aromatic rings. The van der Waals surface area contributed by atoms with E-state index in [-0.39, 0.29) is 23.5 Å². The predicted molar refractivity (Wildman–Crippen MR) is 151 cm³/mol. The Morgan fingerprint density at radius 2 is 1.82 bits per heavy atom. The first-order valence-electron chi connectivity index (χ1n) is 13.0. The van der Waals surface area contributed by atoms with Crippen molar-refractivity contribution in [2.45, 2.75) is 25.4 Å². The summed E-state index contributed by atoms with van der Waals surface area (Å²) >= 11 is 6.00. The summed E-state index contributed by atoms with van der Waals surface area (Å²) in [4.78, 5) is 21.3. The summed E-state index contributed by atoms with van der Waals surface area (Å²) < 4.78 is 5.33. The fraction of sp³-hybridized carbons (Fsp3) is 0.370. The van der Waals surface area contributed by atoms with E-state index in [1.165, 1.54) is 5.56 Å². The van der Waals surface area contributed by atoms with Crippen LogP contribution in [0.2, 0.25) is 5.02 Å². The number of carbonyl (C=O) groups excluding carboxylic acids is 1. The van der Waals surface area contributed by atoms with Gasteiger partial charge >= 0.3 is 0 Å². The Hall–Kier alpha value is -3.80. The Morgan fingerprint density at radius 3 is 2.54 bits per heavy atom. The van der Waals surface area contributed by atoms with Crippen molar-refractivity contribution in [2.75, 3.05) is 49.6 Å². The maximum Gasteiger partial charge on any atom is 0.254 e. The molecular weight excluding hydrogens is 518 g/mol. The monoisotopic (exact) mass is 549 g/mol. The standard InChI is InChI=1S/C27H32ClN9O2/c28-20-7-3-18(4-8-20)16-31-22-2-1-11-37(17-22)27-33-25(23(24(29)30)34-35-27)32-21-9-5-19(6-10-21)26(38)36-12-14-39-15-13-36/h3-10,22,31H,1-2,11-17H2,(H3,29,30)(H,32,33,35)/t22-/m1/s1. The number of hydrogen-bond acceptors (Lipinski definition) is 9. The Labute approximate surface area is 232 Å². The molecule has 2 saturated heterocycles. The summed E-state index contributed by atoms with van der Waals surface area (Å²) in [5.41, 5.74) is 8.41. The highest BCUT2D eigenvalue weighted by Gasteiger charge is 2.24. The average molecular weight is 550 g/mol. The molecule has 0 radical (unpaired) electrons. The second-order valence-corrected chi connectivity index (χ2v) is 10.1. The zero-order chi connectivity index (χ0) is 27.2. The van der Waals surface area contributed by atoms with E-state index in [1.807, 2.05) is 24.3 Å². The molecule has 0 unspecified atom stereocenters. The number of nitrogens with one attached hydrogen (secondary N) is 3. The van der Waals surface area contributed by atoms with Crippen LogP contribution in [0.5, 0.6) is 0 Å². The fourth-order valence-corrected chi connectivity index (χ4v) is 4.82. The summed E-state index contributed by atoms with van der Waals surface area (Å²) in [5.74, 6) is 0.560. The summed E-state index contributed by atoms with van der Waals surface area (Å²) in [5, 5.41) is 24.0. The summed E-state index contributed by atoms with van der Waals surface area (Å²) in [6.07, 6.45) is 2.03. The van der Waals surface area contributed by atoms with Gasteiger partial charge in [-0.05, 0) is 54.8 Å². The van der Waals surface area contributed by atoms with E-state index in [1.54, 1.807) is 29.2 Å². The third-order valence-electron chi connectivity index (χ3n) is 6.84. The molecule has 5 N–H and O–H groups in total. The van der Waals surface area contributed by atoms with Crippen molar-refractivity contribution in [1.29, 1.82) is 5.41 Å². The number of amides is 1. The first-order valence-corrected chi connectivity index (χ1v) is 13.4. The molecule has 0 saturated carbocycles.